The van der Waals surface area contributed by atoms with Crippen molar-refractivity contribution in [2.45, 2.75) is 32.9 Å². The highest BCUT2D eigenvalue weighted by molar-refractivity contribution is 5.66. The van der Waals surface area contributed by atoms with Gasteiger partial charge in [-0.25, -0.2) is 4.98 Å². The van der Waals surface area contributed by atoms with Gasteiger partial charge in [-0.2, -0.15) is 4.98 Å². The van der Waals surface area contributed by atoms with Crippen LogP contribution in [0.15, 0.2) is 36.7 Å². The second-order valence-corrected chi connectivity index (χ2v) is 6.11. The molecule has 2 aromatic rings. The summed E-state index contributed by atoms with van der Waals surface area (Å²) < 4.78 is 5.57. The van der Waals surface area contributed by atoms with Gasteiger partial charge in [-0.1, -0.05) is 30.3 Å². The lowest BCUT2D eigenvalue weighted by molar-refractivity contribution is 0.234. The number of benzene rings is 1. The zero-order valence-electron chi connectivity index (χ0n) is 14.7. The van der Waals surface area contributed by atoms with Crippen LogP contribution in [0.5, 0.6) is 5.88 Å². The van der Waals surface area contributed by atoms with E-state index in [0.717, 1.165) is 26.1 Å². The van der Waals surface area contributed by atoms with Crippen LogP contribution in [0.1, 0.15) is 25.8 Å². The first-order chi connectivity index (χ1) is 11.6. The molecule has 0 unspecified atom stereocenters. The molecule has 0 saturated carbocycles. The minimum Gasteiger partial charge on any atom is -0.473 e. The Balaban J connectivity index is 1.76. The van der Waals surface area contributed by atoms with Gasteiger partial charge in [0.05, 0.1) is 6.10 Å². The van der Waals surface area contributed by atoms with Crippen molar-refractivity contribution in [3.05, 3.63) is 42.2 Å². The summed E-state index contributed by atoms with van der Waals surface area (Å²) in [7, 11) is 2.13. The first-order valence-corrected chi connectivity index (χ1v) is 8.29. The standard InChI is InChI=1S/C18H27N5O/c1-14(2)24-18-16(19)17(21-13-22-18)20-10-7-11-23(3)12-15-8-5-4-6-9-15/h4-6,8-9,13-14H,7,10-12,19H2,1-3H3,(H,20,21,22). The minimum atomic E-state index is 0.0293. The second kappa shape index (κ2) is 9.08. The molecular weight excluding hydrogens is 302 g/mol. The molecule has 24 heavy (non-hydrogen) atoms. The third-order valence-electron chi connectivity index (χ3n) is 3.50. The summed E-state index contributed by atoms with van der Waals surface area (Å²) >= 11 is 0. The monoisotopic (exact) mass is 329 g/mol. The highest BCUT2D eigenvalue weighted by Gasteiger charge is 2.10. The summed E-state index contributed by atoms with van der Waals surface area (Å²) in [4.78, 5) is 10.6. The van der Waals surface area contributed by atoms with Crippen molar-refractivity contribution in [1.29, 1.82) is 0 Å². The maximum absolute atomic E-state index is 6.05. The van der Waals surface area contributed by atoms with Crippen LogP contribution in [0.25, 0.3) is 0 Å². The van der Waals surface area contributed by atoms with Gasteiger partial charge in [-0.15, -0.1) is 0 Å². The number of anilines is 2. The maximum atomic E-state index is 6.05. The topological polar surface area (TPSA) is 76.3 Å². The lowest BCUT2D eigenvalue weighted by Gasteiger charge is -2.17. The van der Waals surface area contributed by atoms with Crippen molar-refractivity contribution < 1.29 is 4.74 Å². The van der Waals surface area contributed by atoms with E-state index in [-0.39, 0.29) is 6.10 Å². The molecule has 0 aliphatic carbocycles. The highest BCUT2D eigenvalue weighted by Crippen LogP contribution is 2.25. The Hall–Kier alpha value is -2.34. The largest absolute Gasteiger partial charge is 0.473 e. The van der Waals surface area contributed by atoms with Gasteiger partial charge in [-0.05, 0) is 39.4 Å². The molecule has 1 heterocycles. The molecule has 130 valence electrons. The van der Waals surface area contributed by atoms with Gasteiger partial charge in [-0.3, -0.25) is 0 Å². The predicted molar refractivity (Wildman–Crippen MR) is 98.1 cm³/mol. The van der Waals surface area contributed by atoms with Gasteiger partial charge >= 0.3 is 0 Å². The number of ether oxygens (including phenoxy) is 1. The van der Waals surface area contributed by atoms with E-state index in [4.69, 9.17) is 10.5 Å². The first-order valence-electron chi connectivity index (χ1n) is 8.29. The molecule has 0 saturated heterocycles. The summed E-state index contributed by atoms with van der Waals surface area (Å²) in [5.74, 6) is 1.06. The predicted octanol–water partition coefficient (Wildman–Crippen LogP) is 2.78. The molecule has 0 aliphatic heterocycles. The van der Waals surface area contributed by atoms with E-state index >= 15 is 0 Å². The van der Waals surface area contributed by atoms with Crippen molar-refractivity contribution in [2.24, 2.45) is 0 Å². The van der Waals surface area contributed by atoms with Gasteiger partial charge in [0.15, 0.2) is 5.82 Å². The average molecular weight is 329 g/mol. The SMILES string of the molecule is CC(C)Oc1ncnc(NCCCN(C)Cc2ccccc2)c1N. The second-order valence-electron chi connectivity index (χ2n) is 6.11. The number of rotatable bonds is 9. The Morgan fingerprint density at radius 2 is 1.96 bits per heavy atom. The number of nitrogens with zero attached hydrogens (tertiary/aromatic N) is 3. The quantitative estimate of drug-likeness (QED) is 0.689. The van der Waals surface area contributed by atoms with Crippen LogP contribution in [0, 0.1) is 0 Å². The molecule has 0 radical (unpaired) electrons. The van der Waals surface area contributed by atoms with Gasteiger partial charge in [0, 0.05) is 13.1 Å². The van der Waals surface area contributed by atoms with E-state index in [1.807, 2.05) is 19.9 Å². The molecule has 0 bridgehead atoms. The summed E-state index contributed by atoms with van der Waals surface area (Å²) in [5, 5.41) is 3.26. The van der Waals surface area contributed by atoms with Crippen LogP contribution >= 0.6 is 0 Å². The van der Waals surface area contributed by atoms with Crippen LogP contribution in [0.3, 0.4) is 0 Å². The molecule has 2 rings (SSSR count). The number of hydrogen-bond donors (Lipinski definition) is 2. The number of nitrogen functional groups attached to an aromatic ring is 1. The molecule has 0 atom stereocenters. The molecular formula is C18H27N5O. The molecule has 0 fully saturated rings. The third-order valence-corrected chi connectivity index (χ3v) is 3.50. The minimum absolute atomic E-state index is 0.0293. The van der Waals surface area contributed by atoms with Crippen LogP contribution in [-0.4, -0.2) is 41.1 Å². The number of nitrogens with two attached hydrogens (primary N) is 1. The van der Waals surface area contributed by atoms with Gasteiger partial charge in [0.25, 0.3) is 0 Å². The van der Waals surface area contributed by atoms with E-state index in [2.05, 4.69) is 51.5 Å². The fourth-order valence-corrected chi connectivity index (χ4v) is 2.37. The summed E-state index contributed by atoms with van der Waals surface area (Å²) in [6.07, 6.45) is 2.49. The summed E-state index contributed by atoms with van der Waals surface area (Å²) in [6, 6.07) is 10.5. The van der Waals surface area contributed by atoms with Crippen LogP contribution < -0.4 is 15.8 Å². The molecule has 6 nitrogen and oxygen atoms in total. The molecule has 6 heteroatoms. The van der Waals surface area contributed by atoms with Crippen molar-refractivity contribution in [3.63, 3.8) is 0 Å². The van der Waals surface area contributed by atoms with E-state index in [0.29, 0.717) is 17.4 Å². The Kier molecular flexibility index (Phi) is 6.81. The molecule has 1 aromatic carbocycles. The van der Waals surface area contributed by atoms with Crippen LogP contribution in [0.4, 0.5) is 11.5 Å². The van der Waals surface area contributed by atoms with E-state index in [1.54, 1.807) is 0 Å². The zero-order chi connectivity index (χ0) is 17.4. The van der Waals surface area contributed by atoms with Gasteiger partial charge in [0.1, 0.15) is 12.0 Å². The van der Waals surface area contributed by atoms with Crippen molar-refractivity contribution in [1.82, 2.24) is 14.9 Å². The van der Waals surface area contributed by atoms with Gasteiger partial charge in [0.2, 0.25) is 5.88 Å². The molecule has 0 aliphatic rings. The summed E-state index contributed by atoms with van der Waals surface area (Å²) in [6.45, 7) is 6.61. The maximum Gasteiger partial charge on any atom is 0.242 e. The normalized spacial score (nSPS) is 11.0. The van der Waals surface area contributed by atoms with Crippen molar-refractivity contribution in [2.75, 3.05) is 31.2 Å². The van der Waals surface area contributed by atoms with Crippen LogP contribution in [0.2, 0.25) is 0 Å². The van der Waals surface area contributed by atoms with E-state index in [9.17, 15) is 0 Å². The fraction of sp³-hybridized carbons (Fsp3) is 0.444. The highest BCUT2D eigenvalue weighted by atomic mass is 16.5. The molecule has 0 amide bonds. The number of aromatic nitrogens is 2. The molecule has 3 N–H and O–H groups in total. The van der Waals surface area contributed by atoms with Crippen molar-refractivity contribution in [3.8, 4) is 5.88 Å². The summed E-state index contributed by atoms with van der Waals surface area (Å²) in [5.41, 5.74) is 7.84. The van der Waals surface area contributed by atoms with Crippen LogP contribution in [-0.2, 0) is 6.54 Å². The lowest BCUT2D eigenvalue weighted by atomic mass is 10.2. The smallest absolute Gasteiger partial charge is 0.242 e. The van der Waals surface area contributed by atoms with E-state index < -0.39 is 0 Å². The Morgan fingerprint density at radius 3 is 2.67 bits per heavy atom. The van der Waals surface area contributed by atoms with Crippen molar-refractivity contribution >= 4 is 11.5 Å². The lowest BCUT2D eigenvalue weighted by Crippen LogP contribution is -2.21. The van der Waals surface area contributed by atoms with E-state index in [1.165, 1.54) is 11.9 Å². The molecule has 0 spiro atoms. The van der Waals surface area contributed by atoms with Gasteiger partial charge < -0.3 is 20.7 Å². The number of hydrogen-bond acceptors (Lipinski definition) is 6. The Morgan fingerprint density at radius 1 is 1.21 bits per heavy atom. The average Bonchev–Trinajstić information content (AvgIpc) is 2.55. The Bertz CT molecular complexity index is 618. The first kappa shape index (κ1) is 18.0. The molecule has 1 aromatic heterocycles. The third kappa shape index (κ3) is 5.70. The Labute approximate surface area is 144 Å². The fourth-order valence-electron chi connectivity index (χ4n) is 2.37. The number of nitrogens with one attached hydrogen (secondary N) is 1. The zero-order valence-corrected chi connectivity index (χ0v) is 14.7.